The van der Waals surface area contributed by atoms with Crippen molar-refractivity contribution >= 4 is 17.1 Å². The standard InChI is InChI=1S/C63H67N5/c1-5-20-61(68(4)63(52-26-15-9-16-27-52)67-45(3)55-29-17-6-10-21-44(55)2)50-37-33-48(34-38-50)57-40-54(41-58-56-30-19-18-28-53(56)39-59(57)58)47-31-35-49(36-32-47)60(64)43-66-62(51-24-13-8-14-25-51)65-42-46-22-11-7-12-23-46/h5,7-9,11-13,15-16,18-19,22-24,26-28,30-33,35-38,40-41,44,50,55,60,63H,6,10,14,17,21,25,29,39,42-43,64H2,1-4H3,(H,65,66)/b67-45+/t20?,44?,50-,55?,60?,63?/m1/s1. The molecule has 0 spiro atoms. The Morgan fingerprint density at radius 2 is 1.62 bits per heavy atom. The number of nitrogens with zero attached hydrogens (tertiary/aromatic N) is 3. The molecule has 4 unspecified atom stereocenters. The van der Waals surface area contributed by atoms with Crippen molar-refractivity contribution in [2.45, 2.75) is 90.9 Å². The highest BCUT2D eigenvalue weighted by atomic mass is 15.2. The van der Waals surface area contributed by atoms with Gasteiger partial charge >= 0.3 is 0 Å². The van der Waals surface area contributed by atoms with Gasteiger partial charge in [-0.05, 0) is 143 Å². The first-order valence-corrected chi connectivity index (χ1v) is 25.0. The summed E-state index contributed by atoms with van der Waals surface area (Å²) < 4.78 is 0. The van der Waals surface area contributed by atoms with Crippen molar-refractivity contribution in [3.63, 3.8) is 0 Å². The van der Waals surface area contributed by atoms with Crippen molar-refractivity contribution in [1.82, 2.24) is 10.2 Å². The van der Waals surface area contributed by atoms with Crippen LogP contribution >= 0.6 is 0 Å². The van der Waals surface area contributed by atoms with E-state index in [2.05, 4.69) is 201 Å². The fourth-order valence-corrected chi connectivity index (χ4v) is 10.7. The average molecular weight is 894 g/mol. The highest BCUT2D eigenvalue weighted by molar-refractivity contribution is 5.99. The molecule has 68 heavy (non-hydrogen) atoms. The van der Waals surface area contributed by atoms with Crippen molar-refractivity contribution in [1.29, 1.82) is 0 Å². The van der Waals surface area contributed by atoms with E-state index in [-0.39, 0.29) is 18.1 Å². The maximum atomic E-state index is 6.90. The van der Waals surface area contributed by atoms with Gasteiger partial charge in [-0.1, -0.05) is 166 Å². The zero-order valence-electron chi connectivity index (χ0n) is 40.5. The first-order chi connectivity index (χ1) is 33.3. The summed E-state index contributed by atoms with van der Waals surface area (Å²) in [5.41, 5.74) is 31.4. The lowest BCUT2D eigenvalue weighted by Gasteiger charge is -2.33. The molecule has 5 aromatic carbocycles. The minimum atomic E-state index is -0.201. The Bertz CT molecular complexity index is 2860. The minimum absolute atomic E-state index is 0.0133. The number of fused-ring (bicyclic) bond motifs is 3. The van der Waals surface area contributed by atoms with Crippen LogP contribution in [0.5, 0.6) is 0 Å². The Hall–Kier alpha value is -6.74. The summed E-state index contributed by atoms with van der Waals surface area (Å²) in [7, 11) is 2.19. The van der Waals surface area contributed by atoms with Crippen LogP contribution in [0.2, 0.25) is 0 Å². The number of nitrogens with two attached hydrogens (primary N) is 1. The third-order valence-corrected chi connectivity index (χ3v) is 14.5. The summed E-state index contributed by atoms with van der Waals surface area (Å²) in [5, 5.41) is 3.63. The van der Waals surface area contributed by atoms with Gasteiger partial charge in [0.2, 0.25) is 0 Å². The molecule has 9 rings (SSSR count). The molecule has 0 bridgehead atoms. The molecule has 0 radical (unpaired) electrons. The van der Waals surface area contributed by atoms with Gasteiger partial charge in [-0.3, -0.25) is 9.98 Å². The Morgan fingerprint density at radius 1 is 0.868 bits per heavy atom. The summed E-state index contributed by atoms with van der Waals surface area (Å²) in [5.74, 6) is 2.07. The predicted octanol–water partition coefficient (Wildman–Crippen LogP) is 14.5. The summed E-state index contributed by atoms with van der Waals surface area (Å²) in [6, 6.07) is 43.4. The highest BCUT2D eigenvalue weighted by Gasteiger charge is 2.28. The summed E-state index contributed by atoms with van der Waals surface area (Å²) in [6.07, 6.45) is 24.5. The van der Waals surface area contributed by atoms with Crippen molar-refractivity contribution in [3.05, 3.63) is 220 Å². The van der Waals surface area contributed by atoms with Crippen LogP contribution in [0, 0.1) is 17.8 Å². The molecule has 5 atom stereocenters. The van der Waals surface area contributed by atoms with E-state index in [0.29, 0.717) is 24.9 Å². The lowest BCUT2D eigenvalue weighted by Crippen LogP contribution is -2.33. The van der Waals surface area contributed by atoms with E-state index in [1.165, 1.54) is 87.9 Å². The van der Waals surface area contributed by atoms with Crippen LogP contribution in [0.25, 0.3) is 27.8 Å². The molecule has 1 fully saturated rings. The van der Waals surface area contributed by atoms with Crippen molar-refractivity contribution in [2.24, 2.45) is 33.5 Å². The van der Waals surface area contributed by atoms with Gasteiger partial charge in [0.05, 0.1) is 18.2 Å². The number of allylic oxidation sites excluding steroid dienone is 5. The number of amidine groups is 1. The summed E-state index contributed by atoms with van der Waals surface area (Å²) in [4.78, 5) is 12.9. The molecule has 3 N–H and O–H groups in total. The smallest absolute Gasteiger partial charge is 0.147 e. The molecular weight excluding hydrogens is 827 g/mol. The van der Waals surface area contributed by atoms with E-state index in [9.17, 15) is 0 Å². The van der Waals surface area contributed by atoms with Crippen LogP contribution in [0.15, 0.2) is 197 Å². The normalized spacial score (nSPS) is 19.7. The van der Waals surface area contributed by atoms with Crippen LogP contribution in [-0.4, -0.2) is 30.0 Å². The predicted molar refractivity (Wildman–Crippen MR) is 286 cm³/mol. The summed E-state index contributed by atoms with van der Waals surface area (Å²) in [6.45, 7) is 7.96. The largest absolute Gasteiger partial charge is 0.368 e. The van der Waals surface area contributed by atoms with Gasteiger partial charge in [-0.2, -0.15) is 0 Å². The van der Waals surface area contributed by atoms with Gasteiger partial charge in [-0.15, -0.1) is 11.5 Å². The van der Waals surface area contributed by atoms with Crippen LogP contribution in [0.4, 0.5) is 0 Å². The number of benzene rings is 5. The number of nitrogens with one attached hydrogen (secondary N) is 1. The fourth-order valence-electron chi connectivity index (χ4n) is 10.7. The molecule has 1 saturated carbocycles. The van der Waals surface area contributed by atoms with Gasteiger partial charge < -0.3 is 16.0 Å². The van der Waals surface area contributed by atoms with Gasteiger partial charge in [0.25, 0.3) is 0 Å². The van der Waals surface area contributed by atoms with Gasteiger partial charge in [0.15, 0.2) is 0 Å². The molecule has 5 heteroatoms. The second kappa shape index (κ2) is 21.9. The van der Waals surface area contributed by atoms with E-state index in [1.807, 2.05) is 12.1 Å². The number of hydrogen-bond acceptors (Lipinski definition) is 4. The second-order valence-corrected chi connectivity index (χ2v) is 19.1. The zero-order chi connectivity index (χ0) is 46.8. The SMILES string of the molecule is CC=C=C([C@H]1C=C=C(c2cc(-c3ccc(C(N)CN/C(=N\Cc4ccccc4)C4=CC=CCC4)cc3)cc3c2Cc2ccccc2-3)C=C1)N(C)C(/N=C(\C)C1CCCCCC1C)c1ccccc1. The van der Waals surface area contributed by atoms with Crippen molar-refractivity contribution in [2.75, 3.05) is 13.6 Å². The van der Waals surface area contributed by atoms with Crippen LogP contribution in [0.1, 0.15) is 111 Å². The van der Waals surface area contributed by atoms with Crippen molar-refractivity contribution in [3.8, 4) is 22.3 Å². The average Bonchev–Trinajstić information content (AvgIpc) is 3.63. The Labute approximate surface area is 405 Å². The van der Waals surface area contributed by atoms with Gasteiger partial charge in [0.1, 0.15) is 12.0 Å². The number of rotatable bonds is 14. The Kier molecular flexibility index (Phi) is 14.9. The second-order valence-electron chi connectivity index (χ2n) is 19.1. The first-order valence-electron chi connectivity index (χ1n) is 25.0. The first kappa shape index (κ1) is 46.4. The minimum Gasteiger partial charge on any atom is -0.368 e. The molecule has 0 aliphatic heterocycles. The fraction of sp³-hybridized carbons (Fsp3) is 0.302. The van der Waals surface area contributed by atoms with Crippen molar-refractivity contribution < 1.29 is 0 Å². The molecule has 0 amide bonds. The maximum Gasteiger partial charge on any atom is 0.147 e. The molecule has 0 heterocycles. The molecule has 344 valence electrons. The molecular formula is C63H67N5. The third-order valence-electron chi connectivity index (χ3n) is 14.5. The monoisotopic (exact) mass is 894 g/mol. The zero-order valence-corrected chi connectivity index (χ0v) is 40.5. The third kappa shape index (κ3) is 10.7. The van der Waals surface area contributed by atoms with E-state index in [1.54, 1.807) is 0 Å². The maximum absolute atomic E-state index is 6.90. The molecule has 5 nitrogen and oxygen atoms in total. The van der Waals surface area contributed by atoms with Crippen LogP contribution in [-0.2, 0) is 13.0 Å². The van der Waals surface area contributed by atoms with Crippen LogP contribution in [0.3, 0.4) is 0 Å². The van der Waals surface area contributed by atoms with Gasteiger partial charge in [0, 0.05) is 30.9 Å². The van der Waals surface area contributed by atoms with E-state index in [4.69, 9.17) is 15.7 Å². The number of aliphatic imine (C=N–C) groups is 2. The molecule has 0 saturated heterocycles. The molecule has 4 aliphatic carbocycles. The van der Waals surface area contributed by atoms with Crippen LogP contribution < -0.4 is 11.1 Å². The Morgan fingerprint density at radius 3 is 2.37 bits per heavy atom. The van der Waals surface area contributed by atoms with Gasteiger partial charge in [-0.25, -0.2) is 0 Å². The lowest BCUT2D eigenvalue weighted by molar-refractivity contribution is 0.299. The Balaban J connectivity index is 0.985. The molecule has 4 aliphatic rings. The molecule has 0 aromatic heterocycles. The van der Waals surface area contributed by atoms with E-state index in [0.717, 1.165) is 47.5 Å². The number of hydrogen-bond donors (Lipinski definition) is 2. The van der Waals surface area contributed by atoms with E-state index >= 15 is 0 Å². The topological polar surface area (TPSA) is 66.0 Å². The quantitative estimate of drug-likeness (QED) is 0.0495. The highest BCUT2D eigenvalue weighted by Crippen LogP contribution is 2.44. The molecule has 5 aromatic rings. The lowest BCUT2D eigenvalue weighted by atomic mass is 9.86. The van der Waals surface area contributed by atoms with E-state index < -0.39 is 0 Å². The summed E-state index contributed by atoms with van der Waals surface area (Å²) >= 11 is 0.